The predicted molar refractivity (Wildman–Crippen MR) is 113 cm³/mol. The Kier molecular flexibility index (Phi) is 6.48. The van der Waals surface area contributed by atoms with E-state index in [0.29, 0.717) is 22.6 Å². The minimum absolute atomic E-state index is 0.118. The Hall–Kier alpha value is -3.65. The van der Waals surface area contributed by atoms with E-state index in [4.69, 9.17) is 9.47 Å². The Labute approximate surface area is 175 Å². The predicted octanol–water partition coefficient (Wildman–Crippen LogP) is 3.54. The van der Waals surface area contributed by atoms with Crippen LogP contribution in [0.2, 0.25) is 0 Å². The lowest BCUT2D eigenvalue weighted by Gasteiger charge is -2.06. The van der Waals surface area contributed by atoms with Gasteiger partial charge in [0.05, 0.1) is 23.8 Å². The first kappa shape index (κ1) is 21.1. The van der Waals surface area contributed by atoms with Gasteiger partial charge in [-0.15, -0.1) is 0 Å². The first-order valence-corrected chi connectivity index (χ1v) is 10.4. The minimum atomic E-state index is -3.76. The summed E-state index contributed by atoms with van der Waals surface area (Å²) in [4.78, 5) is 14.5. The number of methoxy groups -OCH3 is 1. The van der Waals surface area contributed by atoms with Crippen LogP contribution in [0.5, 0.6) is 11.5 Å². The molecule has 0 aromatic heterocycles. The average molecular weight is 424 g/mol. The fourth-order valence-electron chi connectivity index (χ4n) is 2.49. The zero-order chi connectivity index (χ0) is 21.6. The highest BCUT2D eigenvalue weighted by molar-refractivity contribution is 7.89. The summed E-state index contributed by atoms with van der Waals surface area (Å²) in [5.74, 6) is 0.422. The van der Waals surface area contributed by atoms with E-state index >= 15 is 0 Å². The summed E-state index contributed by atoms with van der Waals surface area (Å²) in [5, 5.41) is 3.79. The third-order valence-electron chi connectivity index (χ3n) is 4.11. The molecule has 1 N–H and O–H groups in total. The number of ether oxygens (including phenoxy) is 2. The monoisotopic (exact) mass is 424 g/mol. The summed E-state index contributed by atoms with van der Waals surface area (Å²) < 4.78 is 34.9. The van der Waals surface area contributed by atoms with Crippen LogP contribution in [0.4, 0.5) is 0 Å². The summed E-state index contributed by atoms with van der Waals surface area (Å²) in [7, 11) is -2.22. The Morgan fingerprint density at radius 2 is 1.67 bits per heavy atom. The molecule has 0 amide bonds. The van der Waals surface area contributed by atoms with Crippen LogP contribution in [0.3, 0.4) is 0 Å². The molecule has 7 nitrogen and oxygen atoms in total. The second-order valence-electron chi connectivity index (χ2n) is 6.36. The molecule has 0 atom stereocenters. The normalized spacial score (nSPS) is 11.3. The van der Waals surface area contributed by atoms with Crippen molar-refractivity contribution in [1.29, 1.82) is 0 Å². The van der Waals surface area contributed by atoms with Crippen LogP contribution in [0.15, 0.2) is 82.8 Å². The number of benzene rings is 3. The first-order chi connectivity index (χ1) is 14.4. The van der Waals surface area contributed by atoms with Crippen LogP contribution in [0.25, 0.3) is 0 Å². The highest BCUT2D eigenvalue weighted by atomic mass is 32.2. The Morgan fingerprint density at radius 1 is 0.967 bits per heavy atom. The number of aryl methyl sites for hydroxylation is 1. The lowest BCUT2D eigenvalue weighted by atomic mass is 10.2. The third-order valence-corrected chi connectivity index (χ3v) is 5.35. The van der Waals surface area contributed by atoms with Gasteiger partial charge in [-0.1, -0.05) is 29.8 Å². The van der Waals surface area contributed by atoms with Gasteiger partial charge in [-0.2, -0.15) is 13.5 Å². The molecule has 8 heteroatoms. The van der Waals surface area contributed by atoms with E-state index in [1.165, 1.54) is 18.3 Å². The maximum absolute atomic E-state index is 12.3. The maximum Gasteiger partial charge on any atom is 0.343 e. The van der Waals surface area contributed by atoms with E-state index in [2.05, 4.69) is 9.93 Å². The second kappa shape index (κ2) is 9.23. The van der Waals surface area contributed by atoms with E-state index in [1.54, 1.807) is 67.8 Å². The number of nitrogens with one attached hydrogen (secondary N) is 1. The summed E-state index contributed by atoms with van der Waals surface area (Å²) >= 11 is 0. The van der Waals surface area contributed by atoms with Gasteiger partial charge in [-0.3, -0.25) is 0 Å². The van der Waals surface area contributed by atoms with Gasteiger partial charge in [0.25, 0.3) is 10.0 Å². The zero-order valence-electron chi connectivity index (χ0n) is 16.4. The van der Waals surface area contributed by atoms with Crippen LogP contribution in [0, 0.1) is 6.92 Å². The van der Waals surface area contributed by atoms with Gasteiger partial charge in [-0.05, 0) is 61.0 Å². The van der Waals surface area contributed by atoms with Crippen LogP contribution >= 0.6 is 0 Å². The third kappa shape index (κ3) is 5.45. The molecule has 0 saturated carbocycles. The zero-order valence-corrected chi connectivity index (χ0v) is 17.2. The molecule has 0 spiro atoms. The molecular weight excluding hydrogens is 404 g/mol. The van der Waals surface area contributed by atoms with Crippen molar-refractivity contribution in [3.05, 3.63) is 89.5 Å². The van der Waals surface area contributed by atoms with Crippen LogP contribution < -0.4 is 14.3 Å². The van der Waals surface area contributed by atoms with Crippen molar-refractivity contribution in [1.82, 2.24) is 4.83 Å². The van der Waals surface area contributed by atoms with Crippen LogP contribution in [-0.4, -0.2) is 27.7 Å². The number of nitrogens with zero attached hydrogens (tertiary/aromatic N) is 1. The van der Waals surface area contributed by atoms with Gasteiger partial charge >= 0.3 is 5.97 Å². The number of esters is 1. The Bertz CT molecular complexity index is 1150. The van der Waals surface area contributed by atoms with Crippen molar-refractivity contribution in [2.24, 2.45) is 5.10 Å². The number of rotatable bonds is 7. The van der Waals surface area contributed by atoms with Gasteiger partial charge in [-0.25, -0.2) is 9.63 Å². The van der Waals surface area contributed by atoms with Crippen molar-refractivity contribution in [3.8, 4) is 11.5 Å². The highest BCUT2D eigenvalue weighted by Crippen LogP contribution is 2.17. The molecule has 0 bridgehead atoms. The van der Waals surface area contributed by atoms with E-state index in [-0.39, 0.29) is 4.90 Å². The largest absolute Gasteiger partial charge is 0.497 e. The molecule has 3 aromatic rings. The number of hydrogen-bond acceptors (Lipinski definition) is 6. The number of hydrogen-bond donors (Lipinski definition) is 1. The smallest absolute Gasteiger partial charge is 0.343 e. The Balaban J connectivity index is 1.66. The first-order valence-electron chi connectivity index (χ1n) is 8.95. The van der Waals surface area contributed by atoms with Crippen molar-refractivity contribution in [3.63, 3.8) is 0 Å². The maximum atomic E-state index is 12.3. The Morgan fingerprint density at radius 3 is 2.33 bits per heavy atom. The topological polar surface area (TPSA) is 94.1 Å². The van der Waals surface area contributed by atoms with Crippen molar-refractivity contribution >= 4 is 22.2 Å². The van der Waals surface area contributed by atoms with Gasteiger partial charge in [0, 0.05) is 0 Å². The molecule has 0 heterocycles. The molecule has 3 aromatic carbocycles. The molecule has 0 saturated heterocycles. The van der Waals surface area contributed by atoms with Gasteiger partial charge in [0.15, 0.2) is 0 Å². The second-order valence-corrected chi connectivity index (χ2v) is 8.02. The van der Waals surface area contributed by atoms with Crippen molar-refractivity contribution in [2.75, 3.05) is 7.11 Å². The van der Waals surface area contributed by atoms with Gasteiger partial charge in [0.2, 0.25) is 0 Å². The number of carbonyl (C=O) groups excluding carboxylic acids is 1. The molecule has 3 rings (SSSR count). The van der Waals surface area contributed by atoms with Crippen molar-refractivity contribution in [2.45, 2.75) is 11.8 Å². The lowest BCUT2D eigenvalue weighted by Crippen LogP contribution is -2.18. The lowest BCUT2D eigenvalue weighted by molar-refractivity contribution is 0.0734. The summed E-state index contributed by atoms with van der Waals surface area (Å²) in [6.45, 7) is 1.87. The van der Waals surface area contributed by atoms with Crippen LogP contribution in [0.1, 0.15) is 21.5 Å². The average Bonchev–Trinajstić information content (AvgIpc) is 2.74. The number of sulfonamides is 1. The summed E-state index contributed by atoms with van der Waals surface area (Å²) in [5.41, 5.74) is 1.89. The van der Waals surface area contributed by atoms with E-state index < -0.39 is 16.0 Å². The highest BCUT2D eigenvalue weighted by Gasteiger charge is 2.12. The van der Waals surface area contributed by atoms with Gasteiger partial charge in [0.1, 0.15) is 11.5 Å². The summed E-state index contributed by atoms with van der Waals surface area (Å²) in [6, 6.07) is 19.5. The minimum Gasteiger partial charge on any atom is -0.497 e. The summed E-state index contributed by atoms with van der Waals surface area (Å²) in [6.07, 6.45) is 1.33. The van der Waals surface area contributed by atoms with E-state index in [9.17, 15) is 13.2 Å². The molecule has 0 fully saturated rings. The molecule has 154 valence electrons. The molecule has 0 aliphatic rings. The quantitative estimate of drug-likeness (QED) is 0.271. The van der Waals surface area contributed by atoms with E-state index in [1.807, 2.05) is 6.92 Å². The molecule has 30 heavy (non-hydrogen) atoms. The molecule has 0 unspecified atom stereocenters. The SMILES string of the molecule is COc1ccc(C(=O)Oc2cccc(/C=N\NS(=O)(=O)c3ccc(C)cc3)c2)cc1. The molecule has 0 aliphatic carbocycles. The fourth-order valence-corrected chi connectivity index (χ4v) is 3.28. The fraction of sp³-hybridized carbons (Fsp3) is 0.0909. The van der Waals surface area contributed by atoms with Crippen molar-refractivity contribution < 1.29 is 22.7 Å². The number of carbonyl (C=O) groups is 1. The molecule has 0 radical (unpaired) electrons. The standard InChI is InChI=1S/C22H20N2O5S/c1-16-6-12-21(13-7-16)30(26,27)24-23-15-17-4-3-5-20(14-17)29-22(25)18-8-10-19(28-2)11-9-18/h3-15,24H,1-2H3/b23-15-. The van der Waals surface area contributed by atoms with Gasteiger partial charge < -0.3 is 9.47 Å². The molecular formula is C22H20N2O5S. The van der Waals surface area contributed by atoms with E-state index in [0.717, 1.165) is 5.56 Å². The van der Waals surface area contributed by atoms with Crippen LogP contribution in [-0.2, 0) is 10.0 Å². The molecule has 0 aliphatic heterocycles. The number of hydrazone groups is 1.